The summed E-state index contributed by atoms with van der Waals surface area (Å²) in [5.41, 5.74) is 1.24. The van der Waals surface area contributed by atoms with Crippen LogP contribution in [0.15, 0.2) is 23.1 Å². The minimum atomic E-state index is -0.273. The quantitative estimate of drug-likeness (QED) is 0.795. The topological polar surface area (TPSA) is 50.2 Å². The second kappa shape index (κ2) is 6.56. The Balaban J connectivity index is 2.84. The smallest absolute Gasteiger partial charge is 0.287 e. The Morgan fingerprint density at radius 1 is 1.61 bits per heavy atom. The number of hydrogen-bond acceptors (Lipinski definition) is 4. The van der Waals surface area contributed by atoms with Gasteiger partial charge in [-0.05, 0) is 21.0 Å². The van der Waals surface area contributed by atoms with Gasteiger partial charge in [-0.3, -0.25) is 4.79 Å². The second-order valence-corrected chi connectivity index (χ2v) is 4.89. The van der Waals surface area contributed by atoms with E-state index in [0.717, 1.165) is 12.1 Å². The predicted octanol–water partition coefficient (Wildman–Crippen LogP) is 1.45. The van der Waals surface area contributed by atoms with Gasteiger partial charge in [-0.15, -0.1) is 0 Å². The SMILES string of the molecule is C=C(C)CNc1cnn(CCN(C)C)c(=O)c1Cl. The van der Waals surface area contributed by atoms with Gasteiger partial charge in [0.2, 0.25) is 0 Å². The lowest BCUT2D eigenvalue weighted by Gasteiger charge is -2.12. The summed E-state index contributed by atoms with van der Waals surface area (Å²) in [4.78, 5) is 13.9. The maximum Gasteiger partial charge on any atom is 0.287 e. The standard InChI is InChI=1S/C12H19ClN4O/c1-9(2)7-14-10-8-15-17(6-5-16(3)4)12(18)11(10)13/h8,14H,1,5-7H2,2-4H3. The average Bonchev–Trinajstić information content (AvgIpc) is 2.29. The first-order chi connectivity index (χ1) is 8.41. The number of rotatable bonds is 6. The molecule has 0 saturated carbocycles. The lowest BCUT2D eigenvalue weighted by molar-refractivity contribution is 0.367. The van der Waals surface area contributed by atoms with Gasteiger partial charge in [-0.2, -0.15) is 5.10 Å². The first kappa shape index (κ1) is 14.7. The Morgan fingerprint density at radius 2 is 2.28 bits per heavy atom. The van der Waals surface area contributed by atoms with Crippen LogP contribution in [-0.4, -0.2) is 41.9 Å². The number of hydrogen-bond donors (Lipinski definition) is 1. The molecule has 18 heavy (non-hydrogen) atoms. The number of nitrogens with one attached hydrogen (secondary N) is 1. The molecule has 0 bridgehead atoms. The van der Waals surface area contributed by atoms with Crippen molar-refractivity contribution in [3.63, 3.8) is 0 Å². The summed E-state index contributed by atoms with van der Waals surface area (Å²) in [7, 11) is 3.88. The molecule has 0 aromatic carbocycles. The van der Waals surface area contributed by atoms with E-state index >= 15 is 0 Å². The monoisotopic (exact) mass is 270 g/mol. The molecule has 0 aliphatic rings. The third-order valence-electron chi connectivity index (χ3n) is 2.32. The fourth-order valence-corrected chi connectivity index (χ4v) is 1.50. The molecule has 100 valence electrons. The highest BCUT2D eigenvalue weighted by Crippen LogP contribution is 2.15. The van der Waals surface area contributed by atoms with Crippen LogP contribution in [0.1, 0.15) is 6.92 Å². The number of aromatic nitrogens is 2. The van der Waals surface area contributed by atoms with Gasteiger partial charge in [0.1, 0.15) is 5.02 Å². The highest BCUT2D eigenvalue weighted by Gasteiger charge is 2.08. The number of anilines is 1. The zero-order valence-corrected chi connectivity index (χ0v) is 11.8. The molecule has 0 spiro atoms. The molecule has 1 rings (SSSR count). The van der Waals surface area contributed by atoms with Gasteiger partial charge in [0, 0.05) is 13.1 Å². The molecular weight excluding hydrogens is 252 g/mol. The number of nitrogens with zero attached hydrogens (tertiary/aromatic N) is 3. The van der Waals surface area contributed by atoms with E-state index < -0.39 is 0 Å². The first-order valence-electron chi connectivity index (χ1n) is 5.70. The number of halogens is 1. The second-order valence-electron chi connectivity index (χ2n) is 4.51. The summed E-state index contributed by atoms with van der Waals surface area (Å²) in [6.45, 7) is 7.50. The largest absolute Gasteiger partial charge is 0.379 e. The van der Waals surface area contributed by atoms with E-state index in [1.807, 2.05) is 25.9 Å². The minimum Gasteiger partial charge on any atom is -0.379 e. The Labute approximate surface area is 112 Å². The number of likely N-dealkylation sites (N-methyl/N-ethyl adjacent to an activating group) is 1. The zero-order valence-electron chi connectivity index (χ0n) is 11.0. The van der Waals surface area contributed by atoms with E-state index in [9.17, 15) is 4.79 Å². The van der Waals surface area contributed by atoms with Crippen LogP contribution in [-0.2, 0) is 6.54 Å². The maximum atomic E-state index is 11.9. The van der Waals surface area contributed by atoms with Crippen molar-refractivity contribution in [1.29, 1.82) is 0 Å². The summed E-state index contributed by atoms with van der Waals surface area (Å²) in [6, 6.07) is 0. The van der Waals surface area contributed by atoms with Crippen LogP contribution in [0, 0.1) is 0 Å². The summed E-state index contributed by atoms with van der Waals surface area (Å²) in [5, 5.41) is 7.29. The molecule has 1 aromatic rings. The van der Waals surface area contributed by atoms with Crippen molar-refractivity contribution < 1.29 is 0 Å². The highest BCUT2D eigenvalue weighted by molar-refractivity contribution is 6.32. The summed E-state index contributed by atoms with van der Waals surface area (Å²) >= 11 is 6.02. The molecule has 0 unspecified atom stereocenters. The van der Waals surface area contributed by atoms with Crippen LogP contribution >= 0.6 is 11.6 Å². The van der Waals surface area contributed by atoms with E-state index in [1.165, 1.54) is 4.68 Å². The van der Waals surface area contributed by atoms with Gasteiger partial charge < -0.3 is 10.2 Å². The van der Waals surface area contributed by atoms with Crippen LogP contribution < -0.4 is 10.9 Å². The molecule has 1 N–H and O–H groups in total. The Hall–Kier alpha value is -1.33. The molecule has 0 fully saturated rings. The average molecular weight is 271 g/mol. The van der Waals surface area contributed by atoms with Crippen molar-refractivity contribution in [1.82, 2.24) is 14.7 Å². The lowest BCUT2D eigenvalue weighted by atomic mass is 10.3. The third-order valence-corrected chi connectivity index (χ3v) is 2.69. The minimum absolute atomic E-state index is 0.171. The third kappa shape index (κ3) is 4.16. The van der Waals surface area contributed by atoms with Crippen molar-refractivity contribution in [2.75, 3.05) is 32.5 Å². The summed E-state index contributed by atoms with van der Waals surface area (Å²) < 4.78 is 1.37. The molecule has 0 saturated heterocycles. The molecule has 1 aromatic heterocycles. The predicted molar refractivity (Wildman–Crippen MR) is 75.4 cm³/mol. The van der Waals surface area contributed by atoms with Gasteiger partial charge in [-0.25, -0.2) is 4.68 Å². The molecule has 6 heteroatoms. The van der Waals surface area contributed by atoms with Crippen molar-refractivity contribution in [3.05, 3.63) is 33.7 Å². The van der Waals surface area contributed by atoms with E-state index in [2.05, 4.69) is 17.0 Å². The summed E-state index contributed by atoms with van der Waals surface area (Å²) in [5.74, 6) is 0. The maximum absolute atomic E-state index is 11.9. The summed E-state index contributed by atoms with van der Waals surface area (Å²) in [6.07, 6.45) is 1.57. The molecular formula is C12H19ClN4O. The van der Waals surface area contributed by atoms with Gasteiger partial charge in [-0.1, -0.05) is 23.8 Å². The van der Waals surface area contributed by atoms with Gasteiger partial charge in [0.15, 0.2) is 0 Å². The van der Waals surface area contributed by atoms with Crippen LogP contribution in [0.25, 0.3) is 0 Å². The molecule has 1 heterocycles. The van der Waals surface area contributed by atoms with Crippen molar-refractivity contribution >= 4 is 17.3 Å². The molecule has 0 atom stereocenters. The first-order valence-corrected chi connectivity index (χ1v) is 6.08. The van der Waals surface area contributed by atoms with Crippen molar-refractivity contribution in [3.8, 4) is 0 Å². The van der Waals surface area contributed by atoms with E-state index in [1.54, 1.807) is 6.20 Å². The molecule has 0 radical (unpaired) electrons. The Kier molecular flexibility index (Phi) is 5.37. The van der Waals surface area contributed by atoms with E-state index in [-0.39, 0.29) is 10.6 Å². The molecule has 5 nitrogen and oxygen atoms in total. The lowest BCUT2D eigenvalue weighted by Crippen LogP contribution is -2.29. The van der Waals surface area contributed by atoms with Gasteiger partial charge in [0.25, 0.3) is 5.56 Å². The molecule has 0 aliphatic heterocycles. The van der Waals surface area contributed by atoms with Gasteiger partial charge >= 0.3 is 0 Å². The normalized spacial score (nSPS) is 10.7. The van der Waals surface area contributed by atoms with Crippen LogP contribution in [0.5, 0.6) is 0 Å². The fraction of sp³-hybridized carbons (Fsp3) is 0.500. The molecule has 0 amide bonds. The van der Waals surface area contributed by atoms with Crippen LogP contribution in [0.4, 0.5) is 5.69 Å². The van der Waals surface area contributed by atoms with Crippen molar-refractivity contribution in [2.45, 2.75) is 13.5 Å². The van der Waals surface area contributed by atoms with Crippen LogP contribution in [0.3, 0.4) is 0 Å². The Bertz CT molecular complexity index is 481. The van der Waals surface area contributed by atoms with Crippen molar-refractivity contribution in [2.24, 2.45) is 0 Å². The Morgan fingerprint density at radius 3 is 2.83 bits per heavy atom. The highest BCUT2D eigenvalue weighted by atomic mass is 35.5. The zero-order chi connectivity index (χ0) is 13.7. The fourth-order valence-electron chi connectivity index (χ4n) is 1.29. The van der Waals surface area contributed by atoms with Gasteiger partial charge in [0.05, 0.1) is 18.4 Å². The van der Waals surface area contributed by atoms with E-state index in [0.29, 0.717) is 18.8 Å². The van der Waals surface area contributed by atoms with Crippen LogP contribution in [0.2, 0.25) is 5.02 Å². The van der Waals surface area contributed by atoms with E-state index in [4.69, 9.17) is 11.6 Å². The molecule has 0 aliphatic carbocycles.